The third-order valence-electron chi connectivity index (χ3n) is 4.59. The molecular weight excluding hydrogens is 532 g/mol. The number of anilines is 1. The normalized spacial score (nSPS) is 12.6. The van der Waals surface area contributed by atoms with Crippen LogP contribution in [0.5, 0.6) is 0 Å². The molecule has 0 aliphatic rings. The second-order valence-electron chi connectivity index (χ2n) is 7.07. The lowest BCUT2D eigenvalue weighted by Crippen LogP contribution is -2.26. The summed E-state index contributed by atoms with van der Waals surface area (Å²) in [6.45, 7) is 0. The number of esters is 1. The first-order valence-electron chi connectivity index (χ1n) is 9.53. The Morgan fingerprint density at radius 1 is 0.943 bits per heavy atom. The molecular formula is C22H15Cl2F3N2O5S. The zero-order valence-corrected chi connectivity index (χ0v) is 19.7. The Hall–Kier alpha value is -3.12. The molecule has 184 valence electrons. The third kappa shape index (κ3) is 6.51. The van der Waals surface area contributed by atoms with Gasteiger partial charge in [0.25, 0.3) is 5.91 Å². The highest BCUT2D eigenvalue weighted by Gasteiger charge is 2.32. The van der Waals surface area contributed by atoms with E-state index in [-0.39, 0.29) is 26.9 Å². The molecule has 35 heavy (non-hydrogen) atoms. The molecule has 0 radical (unpaired) electrons. The van der Waals surface area contributed by atoms with Gasteiger partial charge in [0.15, 0.2) is 0 Å². The fourth-order valence-corrected chi connectivity index (χ4v) is 4.16. The summed E-state index contributed by atoms with van der Waals surface area (Å²) in [5, 5.41) is 6.91. The minimum absolute atomic E-state index is 0.181. The van der Waals surface area contributed by atoms with E-state index in [0.29, 0.717) is 6.07 Å². The number of nitrogens with two attached hydrogens (primary N) is 1. The summed E-state index contributed by atoms with van der Waals surface area (Å²) < 4.78 is 67.9. The minimum atomic E-state index is -4.69. The number of benzene rings is 3. The first kappa shape index (κ1) is 26.5. The molecule has 0 aromatic heterocycles. The number of nitrogens with one attached hydrogen (secondary N) is 1. The summed E-state index contributed by atoms with van der Waals surface area (Å²) in [7, 11) is -4.27. The monoisotopic (exact) mass is 546 g/mol. The summed E-state index contributed by atoms with van der Waals surface area (Å²) in [6.07, 6.45) is -6.33. The molecule has 0 fully saturated rings. The van der Waals surface area contributed by atoms with Crippen molar-refractivity contribution in [3.8, 4) is 0 Å². The van der Waals surface area contributed by atoms with Crippen LogP contribution in [0.1, 0.15) is 27.6 Å². The maximum Gasteiger partial charge on any atom is 0.416 e. The van der Waals surface area contributed by atoms with Crippen LogP contribution in [0.3, 0.4) is 0 Å². The molecule has 0 heterocycles. The lowest BCUT2D eigenvalue weighted by atomic mass is 10.1. The minimum Gasteiger partial charge on any atom is -0.444 e. The Kier molecular flexibility index (Phi) is 7.75. The van der Waals surface area contributed by atoms with Gasteiger partial charge in [-0.15, -0.1) is 0 Å². The van der Waals surface area contributed by atoms with Crippen LogP contribution >= 0.6 is 23.2 Å². The zero-order valence-electron chi connectivity index (χ0n) is 17.3. The van der Waals surface area contributed by atoms with E-state index in [1.165, 1.54) is 12.1 Å². The molecule has 0 spiro atoms. The largest absolute Gasteiger partial charge is 0.444 e. The van der Waals surface area contributed by atoms with E-state index in [4.69, 9.17) is 33.1 Å². The standard InChI is InChI=1S/C22H15Cl2F3N2O5S/c23-15-9-7-14(22(25,26)27)11-17(15)29-20(30)19(12-4-2-1-3-5-12)34-21(31)13-6-8-16(24)18(10-13)35(28,32)33/h1-11,19H,(H,29,30)(H2,28,32,33). The van der Waals surface area contributed by atoms with Gasteiger partial charge >= 0.3 is 12.1 Å². The number of rotatable bonds is 6. The van der Waals surface area contributed by atoms with Crippen molar-refractivity contribution in [3.63, 3.8) is 0 Å². The molecule has 0 bridgehead atoms. The van der Waals surface area contributed by atoms with Crippen molar-refractivity contribution in [1.82, 2.24) is 0 Å². The topological polar surface area (TPSA) is 116 Å². The quantitative estimate of drug-likeness (QED) is 0.412. The SMILES string of the molecule is NS(=O)(=O)c1cc(C(=O)OC(C(=O)Nc2cc(C(F)(F)F)ccc2Cl)c2ccccc2)ccc1Cl. The fourth-order valence-electron chi connectivity index (χ4n) is 2.92. The van der Waals surface area contributed by atoms with Gasteiger partial charge in [-0.2, -0.15) is 13.2 Å². The van der Waals surface area contributed by atoms with E-state index in [9.17, 15) is 31.2 Å². The number of hydrogen-bond acceptors (Lipinski definition) is 5. The first-order chi connectivity index (χ1) is 16.3. The number of amides is 1. The second kappa shape index (κ2) is 10.2. The molecule has 7 nitrogen and oxygen atoms in total. The van der Waals surface area contributed by atoms with Gasteiger partial charge in [-0.05, 0) is 36.4 Å². The molecule has 1 amide bonds. The van der Waals surface area contributed by atoms with Crippen LogP contribution < -0.4 is 10.5 Å². The van der Waals surface area contributed by atoms with Crippen LogP contribution in [0.2, 0.25) is 10.0 Å². The average Bonchev–Trinajstić information content (AvgIpc) is 2.78. The van der Waals surface area contributed by atoms with Crippen molar-refractivity contribution in [3.05, 3.63) is 93.5 Å². The highest BCUT2D eigenvalue weighted by atomic mass is 35.5. The number of carbonyl (C=O) groups is 2. The summed E-state index contributed by atoms with van der Waals surface area (Å²) in [5.74, 6) is -2.13. The Bertz CT molecular complexity index is 1380. The predicted molar refractivity (Wildman–Crippen MR) is 123 cm³/mol. The molecule has 3 N–H and O–H groups in total. The van der Waals surface area contributed by atoms with Gasteiger partial charge in [-0.3, -0.25) is 4.79 Å². The van der Waals surface area contributed by atoms with Gasteiger partial charge in [-0.1, -0.05) is 53.5 Å². The number of carbonyl (C=O) groups excluding carboxylic acids is 2. The Morgan fingerprint density at radius 3 is 2.17 bits per heavy atom. The van der Waals surface area contributed by atoms with Crippen molar-refractivity contribution < 1.29 is 35.9 Å². The smallest absolute Gasteiger partial charge is 0.416 e. The summed E-state index contributed by atoms with van der Waals surface area (Å²) in [5.41, 5.74) is -1.51. The van der Waals surface area contributed by atoms with Crippen LogP contribution in [0, 0.1) is 0 Å². The van der Waals surface area contributed by atoms with E-state index < -0.39 is 44.6 Å². The maximum atomic E-state index is 13.1. The fraction of sp³-hybridized carbons (Fsp3) is 0.0909. The van der Waals surface area contributed by atoms with E-state index in [1.807, 2.05) is 0 Å². The van der Waals surface area contributed by atoms with Gasteiger partial charge in [0.2, 0.25) is 16.1 Å². The zero-order chi connectivity index (χ0) is 26.0. The van der Waals surface area contributed by atoms with E-state index in [1.54, 1.807) is 18.2 Å². The van der Waals surface area contributed by atoms with E-state index >= 15 is 0 Å². The van der Waals surface area contributed by atoms with Gasteiger partial charge in [0, 0.05) is 5.56 Å². The molecule has 13 heteroatoms. The summed E-state index contributed by atoms with van der Waals surface area (Å²) in [6, 6.07) is 13.1. The van der Waals surface area contributed by atoms with Crippen molar-refractivity contribution >= 4 is 50.8 Å². The predicted octanol–water partition coefficient (Wildman–Crippen LogP) is 5.20. The molecule has 1 unspecified atom stereocenters. The highest BCUT2D eigenvalue weighted by molar-refractivity contribution is 7.89. The average molecular weight is 547 g/mol. The van der Waals surface area contributed by atoms with Crippen molar-refractivity contribution in [2.75, 3.05) is 5.32 Å². The van der Waals surface area contributed by atoms with Gasteiger partial charge < -0.3 is 10.1 Å². The molecule has 0 saturated heterocycles. The molecule has 3 aromatic carbocycles. The first-order valence-corrected chi connectivity index (χ1v) is 11.8. The van der Waals surface area contributed by atoms with Crippen LogP contribution in [0.4, 0.5) is 18.9 Å². The van der Waals surface area contributed by atoms with E-state index in [0.717, 1.165) is 30.3 Å². The number of halogens is 5. The number of alkyl halides is 3. The number of hydrogen-bond donors (Lipinski definition) is 2. The third-order valence-corrected chi connectivity index (χ3v) is 6.31. The molecule has 0 aliphatic carbocycles. The van der Waals surface area contributed by atoms with Gasteiger partial charge in [0.05, 0.1) is 26.9 Å². The van der Waals surface area contributed by atoms with Crippen LogP contribution in [0.25, 0.3) is 0 Å². The van der Waals surface area contributed by atoms with Crippen molar-refractivity contribution in [2.24, 2.45) is 5.14 Å². The second-order valence-corrected chi connectivity index (χ2v) is 9.41. The van der Waals surface area contributed by atoms with Crippen LogP contribution in [-0.4, -0.2) is 20.3 Å². The Labute approximate surface area is 207 Å². The van der Waals surface area contributed by atoms with Crippen LogP contribution in [-0.2, 0) is 25.7 Å². The molecule has 3 rings (SSSR count). The Morgan fingerprint density at radius 2 is 1.57 bits per heavy atom. The van der Waals surface area contributed by atoms with Crippen molar-refractivity contribution in [1.29, 1.82) is 0 Å². The van der Waals surface area contributed by atoms with Crippen LogP contribution in [0.15, 0.2) is 71.6 Å². The molecule has 3 aromatic rings. The van der Waals surface area contributed by atoms with Gasteiger partial charge in [0.1, 0.15) is 4.90 Å². The lowest BCUT2D eigenvalue weighted by Gasteiger charge is -2.19. The Balaban J connectivity index is 1.94. The lowest BCUT2D eigenvalue weighted by molar-refractivity contribution is -0.137. The van der Waals surface area contributed by atoms with E-state index in [2.05, 4.69) is 5.32 Å². The van der Waals surface area contributed by atoms with Gasteiger partial charge in [-0.25, -0.2) is 18.4 Å². The number of sulfonamides is 1. The molecule has 1 atom stereocenters. The number of ether oxygens (including phenoxy) is 1. The highest BCUT2D eigenvalue weighted by Crippen LogP contribution is 2.34. The number of primary sulfonamides is 1. The maximum absolute atomic E-state index is 13.1. The molecule has 0 aliphatic heterocycles. The summed E-state index contributed by atoms with van der Waals surface area (Å²) >= 11 is 11.8. The summed E-state index contributed by atoms with van der Waals surface area (Å²) in [4.78, 5) is 25.2. The van der Waals surface area contributed by atoms with Crippen molar-refractivity contribution in [2.45, 2.75) is 17.2 Å². The molecule has 0 saturated carbocycles.